The maximum absolute atomic E-state index is 13.7. The van der Waals surface area contributed by atoms with Crippen molar-refractivity contribution in [2.45, 2.75) is 6.54 Å². The first-order valence-electron chi connectivity index (χ1n) is 6.89. The van der Waals surface area contributed by atoms with E-state index >= 15 is 0 Å². The summed E-state index contributed by atoms with van der Waals surface area (Å²) in [5.41, 5.74) is 1.47. The number of nitrogens with zero attached hydrogens (tertiary/aromatic N) is 2. The molecule has 7 nitrogen and oxygen atoms in total. The molecule has 0 aliphatic heterocycles. The van der Waals surface area contributed by atoms with Crippen LogP contribution in [0.25, 0.3) is 11.5 Å². The zero-order chi connectivity index (χ0) is 16.9. The van der Waals surface area contributed by atoms with Gasteiger partial charge in [0.2, 0.25) is 0 Å². The lowest BCUT2D eigenvalue weighted by molar-refractivity contribution is 0.187. The molecule has 0 saturated carbocycles. The highest BCUT2D eigenvalue weighted by Gasteiger charge is 2.10. The number of nitrogens with one attached hydrogen (secondary N) is 2. The van der Waals surface area contributed by atoms with Gasteiger partial charge in [0.05, 0.1) is 24.9 Å². The van der Waals surface area contributed by atoms with E-state index < -0.39 is 11.9 Å². The number of methoxy groups -OCH3 is 1. The molecule has 24 heavy (non-hydrogen) atoms. The van der Waals surface area contributed by atoms with E-state index in [4.69, 9.17) is 4.52 Å². The Morgan fingerprint density at radius 1 is 1.42 bits per heavy atom. The largest absolute Gasteiger partial charge is 0.453 e. The van der Waals surface area contributed by atoms with Gasteiger partial charge in [-0.25, -0.2) is 9.18 Å². The lowest BCUT2D eigenvalue weighted by Gasteiger charge is -2.08. The minimum atomic E-state index is -0.746. The standard InChI is InChI=1S/C15H13FN4O3S/c1-22-15(21)18-12-6-10(2-3-11(12)16)17-7-13-19-14(23-20-13)9-4-5-24-8-9/h2-6,8,17H,7H2,1H3,(H,18,21). The maximum atomic E-state index is 13.7. The smallest absolute Gasteiger partial charge is 0.411 e. The van der Waals surface area contributed by atoms with Gasteiger partial charge in [0, 0.05) is 11.1 Å². The summed E-state index contributed by atoms with van der Waals surface area (Å²) >= 11 is 1.54. The van der Waals surface area contributed by atoms with Gasteiger partial charge in [-0.15, -0.1) is 0 Å². The van der Waals surface area contributed by atoms with Crippen LogP contribution in [0.5, 0.6) is 0 Å². The average Bonchev–Trinajstić information content (AvgIpc) is 3.26. The molecule has 3 aromatic rings. The monoisotopic (exact) mass is 348 g/mol. The number of anilines is 2. The molecule has 9 heteroatoms. The number of benzene rings is 1. The van der Waals surface area contributed by atoms with Gasteiger partial charge in [-0.2, -0.15) is 16.3 Å². The Balaban J connectivity index is 1.66. The van der Waals surface area contributed by atoms with E-state index in [9.17, 15) is 9.18 Å². The van der Waals surface area contributed by atoms with E-state index in [2.05, 4.69) is 25.5 Å². The molecule has 0 spiro atoms. The fourth-order valence-electron chi connectivity index (χ4n) is 1.90. The van der Waals surface area contributed by atoms with Crippen molar-refractivity contribution in [2.75, 3.05) is 17.7 Å². The lowest BCUT2D eigenvalue weighted by atomic mass is 10.2. The van der Waals surface area contributed by atoms with Crippen LogP contribution in [0.1, 0.15) is 5.82 Å². The quantitative estimate of drug-likeness (QED) is 0.730. The van der Waals surface area contributed by atoms with Gasteiger partial charge in [0.15, 0.2) is 5.82 Å². The zero-order valence-electron chi connectivity index (χ0n) is 12.6. The van der Waals surface area contributed by atoms with Gasteiger partial charge in [0.25, 0.3) is 5.89 Å². The number of thiophene rings is 1. The summed E-state index contributed by atoms with van der Waals surface area (Å²) in [5.74, 6) is 0.341. The Labute approximate surface area is 140 Å². The Bertz CT molecular complexity index is 835. The minimum Gasteiger partial charge on any atom is -0.453 e. The second-order valence-corrected chi connectivity index (χ2v) is 5.47. The highest BCUT2D eigenvalue weighted by molar-refractivity contribution is 7.08. The second-order valence-electron chi connectivity index (χ2n) is 4.69. The Hall–Kier alpha value is -2.94. The molecule has 0 fully saturated rings. The third-order valence-electron chi connectivity index (χ3n) is 3.08. The Morgan fingerprint density at radius 3 is 3.04 bits per heavy atom. The van der Waals surface area contributed by atoms with Crippen molar-refractivity contribution in [3.63, 3.8) is 0 Å². The molecule has 0 saturated heterocycles. The van der Waals surface area contributed by atoms with Crippen molar-refractivity contribution >= 4 is 28.8 Å². The molecule has 2 heterocycles. The van der Waals surface area contributed by atoms with E-state index in [0.29, 0.717) is 17.4 Å². The van der Waals surface area contributed by atoms with E-state index in [1.807, 2.05) is 16.8 Å². The SMILES string of the molecule is COC(=O)Nc1cc(NCc2noc(-c3ccsc3)n2)ccc1F. The summed E-state index contributed by atoms with van der Waals surface area (Å²) in [6.45, 7) is 0.289. The molecule has 0 bridgehead atoms. The molecule has 124 valence electrons. The predicted molar refractivity (Wildman–Crippen MR) is 87.4 cm³/mol. The third kappa shape index (κ3) is 3.69. The number of aromatic nitrogens is 2. The first kappa shape index (κ1) is 15.9. The molecule has 1 aromatic carbocycles. The molecule has 0 unspecified atom stereocenters. The summed E-state index contributed by atoms with van der Waals surface area (Å²) < 4.78 is 23.3. The lowest BCUT2D eigenvalue weighted by Crippen LogP contribution is -2.12. The molecule has 3 rings (SSSR count). The number of amides is 1. The van der Waals surface area contributed by atoms with Crippen molar-refractivity contribution < 1.29 is 18.4 Å². The maximum Gasteiger partial charge on any atom is 0.411 e. The number of ether oxygens (including phenoxy) is 1. The van der Waals surface area contributed by atoms with Crippen LogP contribution in [0.3, 0.4) is 0 Å². The zero-order valence-corrected chi connectivity index (χ0v) is 13.4. The Morgan fingerprint density at radius 2 is 2.29 bits per heavy atom. The fourth-order valence-corrected chi connectivity index (χ4v) is 2.53. The van der Waals surface area contributed by atoms with Crippen LogP contribution >= 0.6 is 11.3 Å². The fraction of sp³-hybridized carbons (Fsp3) is 0.133. The van der Waals surface area contributed by atoms with E-state index in [1.165, 1.54) is 36.6 Å². The number of halogens is 1. The second kappa shape index (κ2) is 7.09. The van der Waals surface area contributed by atoms with Crippen LogP contribution in [0.4, 0.5) is 20.6 Å². The highest BCUT2D eigenvalue weighted by atomic mass is 32.1. The first-order chi connectivity index (χ1) is 11.7. The Kier molecular flexibility index (Phi) is 4.71. The van der Waals surface area contributed by atoms with Crippen LogP contribution in [0.15, 0.2) is 39.5 Å². The summed E-state index contributed by atoms with van der Waals surface area (Å²) in [5, 5.41) is 13.0. The van der Waals surface area contributed by atoms with Gasteiger partial charge < -0.3 is 14.6 Å². The molecule has 1 amide bonds. The van der Waals surface area contributed by atoms with Crippen LogP contribution in [0, 0.1) is 5.82 Å². The molecule has 0 radical (unpaired) electrons. The predicted octanol–water partition coefficient (Wildman–Crippen LogP) is 3.73. The summed E-state index contributed by atoms with van der Waals surface area (Å²) in [6.07, 6.45) is -0.746. The topological polar surface area (TPSA) is 89.3 Å². The van der Waals surface area contributed by atoms with Crippen LogP contribution in [-0.4, -0.2) is 23.3 Å². The normalized spacial score (nSPS) is 10.4. The van der Waals surface area contributed by atoms with Gasteiger partial charge >= 0.3 is 6.09 Å². The molecular weight excluding hydrogens is 335 g/mol. The number of carbonyl (C=O) groups excluding carboxylic acids is 1. The molecule has 2 aromatic heterocycles. The molecule has 2 N–H and O–H groups in total. The molecule has 0 aliphatic carbocycles. The van der Waals surface area contributed by atoms with Gasteiger partial charge in [-0.05, 0) is 29.6 Å². The van der Waals surface area contributed by atoms with Crippen LogP contribution in [-0.2, 0) is 11.3 Å². The van der Waals surface area contributed by atoms with Gasteiger partial charge in [0.1, 0.15) is 5.82 Å². The van der Waals surface area contributed by atoms with Gasteiger partial charge in [-0.3, -0.25) is 5.32 Å². The van der Waals surface area contributed by atoms with E-state index in [-0.39, 0.29) is 12.2 Å². The third-order valence-corrected chi connectivity index (χ3v) is 3.76. The van der Waals surface area contributed by atoms with Crippen LogP contribution in [0.2, 0.25) is 0 Å². The average molecular weight is 348 g/mol. The minimum absolute atomic E-state index is 0.0129. The number of rotatable bonds is 5. The summed E-state index contributed by atoms with van der Waals surface area (Å²) in [7, 11) is 1.21. The van der Waals surface area contributed by atoms with Crippen molar-refractivity contribution in [3.05, 3.63) is 46.7 Å². The summed E-state index contributed by atoms with van der Waals surface area (Å²) in [4.78, 5) is 15.5. The number of hydrogen-bond acceptors (Lipinski definition) is 7. The van der Waals surface area contributed by atoms with Crippen LogP contribution < -0.4 is 10.6 Å². The highest BCUT2D eigenvalue weighted by Crippen LogP contribution is 2.22. The van der Waals surface area contributed by atoms with Crippen molar-refractivity contribution in [1.29, 1.82) is 0 Å². The van der Waals surface area contributed by atoms with Gasteiger partial charge in [-0.1, -0.05) is 5.16 Å². The van der Waals surface area contributed by atoms with Crippen molar-refractivity contribution in [1.82, 2.24) is 10.1 Å². The molecule has 0 atom stereocenters. The molecular formula is C15H13FN4O3S. The summed E-state index contributed by atoms with van der Waals surface area (Å²) in [6, 6.07) is 6.12. The number of carbonyl (C=O) groups is 1. The van der Waals surface area contributed by atoms with E-state index in [1.54, 1.807) is 0 Å². The van der Waals surface area contributed by atoms with E-state index in [0.717, 1.165) is 5.56 Å². The van der Waals surface area contributed by atoms with Crippen molar-refractivity contribution in [3.8, 4) is 11.5 Å². The molecule has 0 aliphatic rings. The number of hydrogen-bond donors (Lipinski definition) is 2. The van der Waals surface area contributed by atoms with Crippen molar-refractivity contribution in [2.24, 2.45) is 0 Å². The first-order valence-corrected chi connectivity index (χ1v) is 7.83.